The van der Waals surface area contributed by atoms with Crippen LogP contribution in [0.5, 0.6) is 11.5 Å². The van der Waals surface area contributed by atoms with Crippen molar-refractivity contribution in [2.45, 2.75) is 20.5 Å². The first kappa shape index (κ1) is 19.8. The van der Waals surface area contributed by atoms with Crippen LogP contribution in [0.3, 0.4) is 0 Å². The highest BCUT2D eigenvalue weighted by molar-refractivity contribution is 6.30. The number of methoxy groups -OCH3 is 1. The van der Waals surface area contributed by atoms with Crippen LogP contribution in [0.15, 0.2) is 60.7 Å². The maximum absolute atomic E-state index is 12.6. The van der Waals surface area contributed by atoms with Gasteiger partial charge >= 0.3 is 0 Å². The molecule has 28 heavy (non-hydrogen) atoms. The highest BCUT2D eigenvalue weighted by atomic mass is 35.5. The molecular formula is C23H22ClNO3. The number of halogens is 1. The van der Waals surface area contributed by atoms with Crippen LogP contribution in [0.4, 0.5) is 5.69 Å². The van der Waals surface area contributed by atoms with E-state index in [0.29, 0.717) is 28.6 Å². The molecule has 5 heteroatoms. The minimum absolute atomic E-state index is 0.211. The van der Waals surface area contributed by atoms with Crippen LogP contribution in [-0.4, -0.2) is 13.0 Å². The van der Waals surface area contributed by atoms with Crippen LogP contribution >= 0.6 is 11.6 Å². The van der Waals surface area contributed by atoms with E-state index in [1.54, 1.807) is 49.6 Å². The molecule has 0 aliphatic heterocycles. The summed E-state index contributed by atoms with van der Waals surface area (Å²) in [5.74, 6) is 1.24. The van der Waals surface area contributed by atoms with Crippen LogP contribution in [0, 0.1) is 13.8 Å². The van der Waals surface area contributed by atoms with Crippen molar-refractivity contribution in [3.8, 4) is 11.5 Å². The molecule has 0 spiro atoms. The van der Waals surface area contributed by atoms with Crippen molar-refractivity contribution in [2.24, 2.45) is 0 Å². The quantitative estimate of drug-likeness (QED) is 0.574. The Kier molecular flexibility index (Phi) is 6.22. The summed E-state index contributed by atoms with van der Waals surface area (Å²) in [4.78, 5) is 12.6. The van der Waals surface area contributed by atoms with Gasteiger partial charge in [-0.15, -0.1) is 0 Å². The number of hydrogen-bond donors (Lipinski definition) is 1. The van der Waals surface area contributed by atoms with Gasteiger partial charge in [0.05, 0.1) is 7.11 Å². The summed E-state index contributed by atoms with van der Waals surface area (Å²) in [5.41, 5.74) is 4.38. The van der Waals surface area contributed by atoms with E-state index in [4.69, 9.17) is 21.1 Å². The van der Waals surface area contributed by atoms with Gasteiger partial charge in [0.15, 0.2) is 0 Å². The summed E-state index contributed by atoms with van der Waals surface area (Å²) >= 11 is 5.88. The first-order chi connectivity index (χ1) is 13.5. The predicted molar refractivity (Wildman–Crippen MR) is 113 cm³/mol. The Balaban J connectivity index is 1.76. The molecule has 0 aliphatic carbocycles. The summed E-state index contributed by atoms with van der Waals surface area (Å²) < 4.78 is 11.3. The number of carbonyl (C=O) groups excluding carboxylic acids is 1. The Bertz CT molecular complexity index is 984. The number of anilines is 1. The summed E-state index contributed by atoms with van der Waals surface area (Å²) in [6.45, 7) is 4.41. The van der Waals surface area contributed by atoms with E-state index in [1.807, 2.05) is 25.1 Å². The van der Waals surface area contributed by atoms with E-state index in [2.05, 4.69) is 12.2 Å². The Labute approximate surface area is 170 Å². The van der Waals surface area contributed by atoms with Gasteiger partial charge in [-0.25, -0.2) is 0 Å². The smallest absolute Gasteiger partial charge is 0.255 e. The monoisotopic (exact) mass is 395 g/mol. The second-order valence-corrected chi connectivity index (χ2v) is 6.96. The third-order valence-electron chi connectivity index (χ3n) is 4.52. The largest absolute Gasteiger partial charge is 0.496 e. The minimum Gasteiger partial charge on any atom is -0.496 e. The number of rotatable bonds is 6. The molecule has 0 unspecified atom stereocenters. The van der Waals surface area contributed by atoms with Crippen molar-refractivity contribution in [2.75, 3.05) is 12.4 Å². The Morgan fingerprint density at radius 3 is 2.39 bits per heavy atom. The number of hydrogen-bond acceptors (Lipinski definition) is 3. The second kappa shape index (κ2) is 8.81. The van der Waals surface area contributed by atoms with E-state index < -0.39 is 0 Å². The molecule has 0 saturated carbocycles. The normalized spacial score (nSPS) is 10.4. The van der Waals surface area contributed by atoms with Gasteiger partial charge in [-0.05, 0) is 79.6 Å². The maximum atomic E-state index is 12.6. The number of benzene rings is 3. The predicted octanol–water partition coefficient (Wildman–Crippen LogP) is 5.80. The standard InChI is InChI=1S/C23H22ClNO3/c1-15-4-10-21(12-16(15)2)28-14-18-13-17(5-11-22(18)27-3)23(26)25-20-8-6-19(24)7-9-20/h4-13H,14H2,1-3H3,(H,25,26). The molecule has 0 radical (unpaired) electrons. The van der Waals surface area contributed by atoms with Crippen molar-refractivity contribution < 1.29 is 14.3 Å². The zero-order valence-electron chi connectivity index (χ0n) is 16.1. The Morgan fingerprint density at radius 1 is 0.964 bits per heavy atom. The Hall–Kier alpha value is -2.98. The second-order valence-electron chi connectivity index (χ2n) is 6.52. The van der Waals surface area contributed by atoms with Crippen molar-refractivity contribution >= 4 is 23.2 Å². The number of nitrogens with one attached hydrogen (secondary N) is 1. The molecule has 0 bridgehead atoms. The molecule has 3 aromatic carbocycles. The fraction of sp³-hybridized carbons (Fsp3) is 0.174. The third-order valence-corrected chi connectivity index (χ3v) is 4.77. The van der Waals surface area contributed by atoms with Crippen molar-refractivity contribution in [3.05, 3.63) is 87.9 Å². The molecule has 0 aromatic heterocycles. The zero-order chi connectivity index (χ0) is 20.1. The van der Waals surface area contributed by atoms with Gasteiger partial charge in [0.1, 0.15) is 18.1 Å². The molecule has 3 aromatic rings. The van der Waals surface area contributed by atoms with Crippen molar-refractivity contribution in [3.63, 3.8) is 0 Å². The number of ether oxygens (including phenoxy) is 2. The van der Waals surface area contributed by atoms with Crippen molar-refractivity contribution in [1.29, 1.82) is 0 Å². The zero-order valence-corrected chi connectivity index (χ0v) is 16.8. The molecule has 0 atom stereocenters. The molecule has 0 saturated heterocycles. The first-order valence-corrected chi connectivity index (χ1v) is 9.28. The maximum Gasteiger partial charge on any atom is 0.255 e. The molecule has 0 fully saturated rings. The summed E-state index contributed by atoms with van der Waals surface area (Å²) in [7, 11) is 1.60. The van der Waals surface area contributed by atoms with Gasteiger partial charge in [0.2, 0.25) is 0 Å². The minimum atomic E-state index is -0.211. The highest BCUT2D eigenvalue weighted by Gasteiger charge is 2.12. The number of carbonyl (C=O) groups is 1. The Morgan fingerprint density at radius 2 is 1.71 bits per heavy atom. The molecule has 3 rings (SSSR count). The van der Waals surface area contributed by atoms with E-state index in [-0.39, 0.29) is 5.91 Å². The van der Waals surface area contributed by atoms with E-state index in [0.717, 1.165) is 11.3 Å². The molecule has 1 amide bonds. The van der Waals surface area contributed by atoms with Gasteiger partial charge < -0.3 is 14.8 Å². The average Bonchev–Trinajstić information content (AvgIpc) is 2.70. The van der Waals surface area contributed by atoms with Gasteiger partial charge in [-0.2, -0.15) is 0 Å². The van der Waals surface area contributed by atoms with E-state index in [9.17, 15) is 4.79 Å². The van der Waals surface area contributed by atoms with Gasteiger partial charge in [0.25, 0.3) is 5.91 Å². The molecular weight excluding hydrogens is 374 g/mol. The number of amides is 1. The SMILES string of the molecule is COc1ccc(C(=O)Nc2ccc(Cl)cc2)cc1COc1ccc(C)c(C)c1. The van der Waals surface area contributed by atoms with Gasteiger partial charge in [-0.3, -0.25) is 4.79 Å². The van der Waals surface area contributed by atoms with Gasteiger partial charge in [-0.1, -0.05) is 17.7 Å². The van der Waals surface area contributed by atoms with Crippen LogP contribution in [0.1, 0.15) is 27.0 Å². The third kappa shape index (κ3) is 4.84. The van der Waals surface area contributed by atoms with E-state index >= 15 is 0 Å². The summed E-state index contributed by atoms with van der Waals surface area (Å²) in [6, 6.07) is 18.2. The summed E-state index contributed by atoms with van der Waals surface area (Å²) in [5, 5.41) is 3.48. The van der Waals surface area contributed by atoms with Crippen LogP contribution < -0.4 is 14.8 Å². The molecule has 1 N–H and O–H groups in total. The van der Waals surface area contributed by atoms with Crippen LogP contribution in [0.25, 0.3) is 0 Å². The fourth-order valence-corrected chi connectivity index (χ4v) is 2.86. The van der Waals surface area contributed by atoms with Crippen LogP contribution in [0.2, 0.25) is 5.02 Å². The molecule has 4 nitrogen and oxygen atoms in total. The van der Waals surface area contributed by atoms with Crippen LogP contribution in [-0.2, 0) is 6.61 Å². The average molecular weight is 396 g/mol. The number of aryl methyl sites for hydroxylation is 2. The topological polar surface area (TPSA) is 47.6 Å². The van der Waals surface area contributed by atoms with E-state index in [1.165, 1.54) is 11.1 Å². The van der Waals surface area contributed by atoms with Gasteiger partial charge in [0, 0.05) is 21.8 Å². The summed E-state index contributed by atoms with van der Waals surface area (Å²) in [6.07, 6.45) is 0. The van der Waals surface area contributed by atoms with Crippen molar-refractivity contribution in [1.82, 2.24) is 0 Å². The lowest BCUT2D eigenvalue weighted by atomic mass is 10.1. The molecule has 0 heterocycles. The lowest BCUT2D eigenvalue weighted by Gasteiger charge is -2.13. The molecule has 0 aliphatic rings. The highest BCUT2D eigenvalue weighted by Crippen LogP contribution is 2.24. The molecule has 144 valence electrons. The lowest BCUT2D eigenvalue weighted by Crippen LogP contribution is -2.12. The fourth-order valence-electron chi connectivity index (χ4n) is 2.73. The lowest BCUT2D eigenvalue weighted by molar-refractivity contribution is 0.102. The first-order valence-electron chi connectivity index (χ1n) is 8.90.